The van der Waals surface area contributed by atoms with Crippen molar-refractivity contribution in [3.05, 3.63) is 23.7 Å². The third-order valence-corrected chi connectivity index (χ3v) is 2.54. The third-order valence-electron chi connectivity index (χ3n) is 2.54. The van der Waals surface area contributed by atoms with Crippen molar-refractivity contribution in [2.24, 2.45) is 11.8 Å². The number of amides is 1. The van der Waals surface area contributed by atoms with Crippen LogP contribution in [0.4, 0.5) is 0 Å². The summed E-state index contributed by atoms with van der Waals surface area (Å²) in [5.74, 6) is 5.60. The van der Waals surface area contributed by atoms with Crippen molar-refractivity contribution in [1.82, 2.24) is 5.43 Å². The molecular weight excluding hydrogens is 208 g/mol. The molecule has 0 saturated carbocycles. The molecule has 1 aromatic rings. The Balaban J connectivity index is 2.61. The fourth-order valence-corrected chi connectivity index (χ4v) is 1.13. The molecule has 0 spiro atoms. The van der Waals surface area contributed by atoms with Crippen LogP contribution < -0.4 is 11.3 Å². The van der Waals surface area contributed by atoms with E-state index in [4.69, 9.17) is 15.0 Å². The Bertz CT molecular complexity index is 347. The molecule has 0 aliphatic heterocycles. The Kier molecular flexibility index (Phi) is 4.52. The van der Waals surface area contributed by atoms with Crippen LogP contribution in [-0.2, 0) is 11.3 Å². The quantitative estimate of drug-likeness (QED) is 0.452. The number of hydrazine groups is 1. The molecule has 16 heavy (non-hydrogen) atoms. The predicted octanol–water partition coefficient (Wildman–Crippen LogP) is 1.44. The SMILES string of the molecule is CC(C)C(C)OCc1occc1C(=O)NN. The van der Waals surface area contributed by atoms with E-state index in [1.54, 1.807) is 6.07 Å². The first-order chi connectivity index (χ1) is 7.56. The number of furan rings is 1. The Morgan fingerprint density at radius 3 is 2.81 bits per heavy atom. The highest BCUT2D eigenvalue weighted by Crippen LogP contribution is 2.14. The first-order valence-corrected chi connectivity index (χ1v) is 5.25. The van der Waals surface area contributed by atoms with E-state index in [9.17, 15) is 4.79 Å². The second-order valence-corrected chi connectivity index (χ2v) is 3.99. The summed E-state index contributed by atoms with van der Waals surface area (Å²) >= 11 is 0. The largest absolute Gasteiger partial charge is 0.466 e. The van der Waals surface area contributed by atoms with Crippen molar-refractivity contribution in [2.75, 3.05) is 0 Å². The fourth-order valence-electron chi connectivity index (χ4n) is 1.13. The summed E-state index contributed by atoms with van der Waals surface area (Å²) in [6, 6.07) is 1.57. The van der Waals surface area contributed by atoms with Crippen molar-refractivity contribution >= 4 is 5.91 Å². The van der Waals surface area contributed by atoms with Gasteiger partial charge in [-0.25, -0.2) is 5.84 Å². The lowest BCUT2D eigenvalue weighted by Gasteiger charge is -2.15. The Labute approximate surface area is 94.9 Å². The number of hydrogen-bond acceptors (Lipinski definition) is 4. The minimum Gasteiger partial charge on any atom is -0.466 e. The number of nitrogen functional groups attached to an aromatic ring is 1. The Morgan fingerprint density at radius 2 is 2.25 bits per heavy atom. The first-order valence-electron chi connectivity index (χ1n) is 5.25. The number of rotatable bonds is 5. The van der Waals surface area contributed by atoms with Crippen LogP contribution in [-0.4, -0.2) is 12.0 Å². The van der Waals surface area contributed by atoms with Gasteiger partial charge < -0.3 is 9.15 Å². The molecule has 0 fully saturated rings. The molecular formula is C11H18N2O3. The zero-order chi connectivity index (χ0) is 12.1. The highest BCUT2D eigenvalue weighted by molar-refractivity contribution is 5.94. The number of hydrogen-bond donors (Lipinski definition) is 2. The lowest BCUT2D eigenvalue weighted by Crippen LogP contribution is -2.30. The summed E-state index contributed by atoms with van der Waals surface area (Å²) in [6.07, 6.45) is 1.56. The van der Waals surface area contributed by atoms with Crippen LogP contribution in [0.15, 0.2) is 16.7 Å². The molecule has 1 atom stereocenters. The molecule has 90 valence electrons. The van der Waals surface area contributed by atoms with Gasteiger partial charge in [0, 0.05) is 0 Å². The highest BCUT2D eigenvalue weighted by Gasteiger charge is 2.15. The number of nitrogens with two attached hydrogens (primary N) is 1. The molecule has 1 amide bonds. The van der Waals surface area contributed by atoms with E-state index in [0.29, 0.717) is 17.2 Å². The molecule has 0 saturated heterocycles. The smallest absolute Gasteiger partial charge is 0.268 e. The molecule has 5 nitrogen and oxygen atoms in total. The number of ether oxygens (including phenoxy) is 1. The summed E-state index contributed by atoms with van der Waals surface area (Å²) in [4.78, 5) is 11.3. The molecule has 0 aliphatic carbocycles. The standard InChI is InChI=1S/C11H18N2O3/c1-7(2)8(3)16-6-10-9(4-5-15-10)11(14)13-12/h4-5,7-8H,6,12H2,1-3H3,(H,13,14). The molecule has 1 aromatic heterocycles. The van der Waals surface area contributed by atoms with Gasteiger partial charge in [-0.3, -0.25) is 10.2 Å². The van der Waals surface area contributed by atoms with Crippen LogP contribution in [0.3, 0.4) is 0 Å². The van der Waals surface area contributed by atoms with Crippen LogP contribution in [0.25, 0.3) is 0 Å². The average molecular weight is 226 g/mol. The van der Waals surface area contributed by atoms with Crippen LogP contribution in [0.2, 0.25) is 0 Å². The van der Waals surface area contributed by atoms with E-state index >= 15 is 0 Å². The lowest BCUT2D eigenvalue weighted by molar-refractivity contribution is 0.0145. The van der Waals surface area contributed by atoms with Crippen LogP contribution in [0.5, 0.6) is 0 Å². The fraction of sp³-hybridized carbons (Fsp3) is 0.545. The van der Waals surface area contributed by atoms with Gasteiger partial charge in [0.1, 0.15) is 12.4 Å². The summed E-state index contributed by atoms with van der Waals surface area (Å²) in [5, 5.41) is 0. The van der Waals surface area contributed by atoms with Crippen LogP contribution in [0.1, 0.15) is 36.9 Å². The highest BCUT2D eigenvalue weighted by atomic mass is 16.5. The zero-order valence-corrected chi connectivity index (χ0v) is 9.82. The summed E-state index contributed by atoms with van der Waals surface area (Å²) in [5.41, 5.74) is 2.48. The normalized spacial score (nSPS) is 12.8. The van der Waals surface area contributed by atoms with E-state index in [2.05, 4.69) is 19.3 Å². The van der Waals surface area contributed by atoms with Gasteiger partial charge in [-0.1, -0.05) is 13.8 Å². The topological polar surface area (TPSA) is 77.5 Å². The minimum atomic E-state index is -0.371. The number of carbonyl (C=O) groups is 1. The zero-order valence-electron chi connectivity index (χ0n) is 9.82. The van der Waals surface area contributed by atoms with Crippen molar-refractivity contribution < 1.29 is 13.9 Å². The molecule has 0 aliphatic rings. The van der Waals surface area contributed by atoms with E-state index in [0.717, 1.165) is 0 Å². The predicted molar refractivity (Wildman–Crippen MR) is 59.5 cm³/mol. The van der Waals surface area contributed by atoms with Gasteiger partial charge in [0.25, 0.3) is 5.91 Å². The van der Waals surface area contributed by atoms with Gasteiger partial charge in [-0.15, -0.1) is 0 Å². The van der Waals surface area contributed by atoms with Gasteiger partial charge in [0.15, 0.2) is 0 Å². The molecule has 5 heteroatoms. The molecule has 0 aromatic carbocycles. The van der Waals surface area contributed by atoms with Gasteiger partial charge in [0.05, 0.1) is 17.9 Å². The van der Waals surface area contributed by atoms with Crippen molar-refractivity contribution in [3.8, 4) is 0 Å². The molecule has 0 bridgehead atoms. The van der Waals surface area contributed by atoms with Crippen LogP contribution >= 0.6 is 0 Å². The third kappa shape index (κ3) is 3.08. The van der Waals surface area contributed by atoms with E-state index in [-0.39, 0.29) is 18.6 Å². The summed E-state index contributed by atoms with van der Waals surface area (Å²) in [7, 11) is 0. The average Bonchev–Trinajstić information content (AvgIpc) is 2.72. The second-order valence-electron chi connectivity index (χ2n) is 3.99. The first kappa shape index (κ1) is 12.7. The lowest BCUT2D eigenvalue weighted by atomic mass is 10.1. The van der Waals surface area contributed by atoms with Gasteiger partial charge in [-0.05, 0) is 18.9 Å². The maximum atomic E-state index is 11.3. The monoisotopic (exact) mass is 226 g/mol. The van der Waals surface area contributed by atoms with E-state index in [1.807, 2.05) is 6.92 Å². The molecule has 1 heterocycles. The van der Waals surface area contributed by atoms with Crippen molar-refractivity contribution in [1.29, 1.82) is 0 Å². The number of nitrogens with one attached hydrogen (secondary N) is 1. The van der Waals surface area contributed by atoms with Crippen molar-refractivity contribution in [2.45, 2.75) is 33.5 Å². The van der Waals surface area contributed by atoms with Gasteiger partial charge in [-0.2, -0.15) is 0 Å². The second kappa shape index (κ2) is 5.67. The van der Waals surface area contributed by atoms with Crippen molar-refractivity contribution in [3.63, 3.8) is 0 Å². The molecule has 3 N–H and O–H groups in total. The molecule has 1 rings (SSSR count). The number of carbonyl (C=O) groups excluding carboxylic acids is 1. The van der Waals surface area contributed by atoms with E-state index < -0.39 is 0 Å². The van der Waals surface area contributed by atoms with Crippen LogP contribution in [0, 0.1) is 5.92 Å². The van der Waals surface area contributed by atoms with Gasteiger partial charge in [0.2, 0.25) is 0 Å². The van der Waals surface area contributed by atoms with Gasteiger partial charge >= 0.3 is 0 Å². The molecule has 1 unspecified atom stereocenters. The maximum Gasteiger partial charge on any atom is 0.268 e. The van der Waals surface area contributed by atoms with E-state index in [1.165, 1.54) is 6.26 Å². The maximum absolute atomic E-state index is 11.3. The Hall–Kier alpha value is -1.33. The molecule has 0 radical (unpaired) electrons. The summed E-state index contributed by atoms with van der Waals surface area (Å²) < 4.78 is 10.7. The minimum absolute atomic E-state index is 0.110. The Morgan fingerprint density at radius 1 is 1.56 bits per heavy atom. The summed E-state index contributed by atoms with van der Waals surface area (Å²) in [6.45, 7) is 6.39.